The van der Waals surface area contributed by atoms with Gasteiger partial charge in [0.1, 0.15) is 5.82 Å². The van der Waals surface area contributed by atoms with Crippen LogP contribution in [0.3, 0.4) is 0 Å². The summed E-state index contributed by atoms with van der Waals surface area (Å²) in [7, 11) is 0. The molecule has 1 aromatic heterocycles. The van der Waals surface area contributed by atoms with Crippen LogP contribution in [0.4, 0.5) is 5.82 Å². The number of carbonyl (C=O) groups excluding carboxylic acids is 1. The van der Waals surface area contributed by atoms with Crippen molar-refractivity contribution < 1.29 is 9.53 Å². The molecule has 2 heterocycles. The number of amides is 1. The van der Waals surface area contributed by atoms with Crippen molar-refractivity contribution in [2.24, 2.45) is 0 Å². The summed E-state index contributed by atoms with van der Waals surface area (Å²) >= 11 is 0. The van der Waals surface area contributed by atoms with E-state index in [1.165, 1.54) is 6.20 Å². The van der Waals surface area contributed by atoms with E-state index in [-0.39, 0.29) is 23.4 Å². The van der Waals surface area contributed by atoms with Crippen LogP contribution in [0, 0.1) is 0 Å². The third-order valence-corrected chi connectivity index (χ3v) is 3.61. The van der Waals surface area contributed by atoms with Gasteiger partial charge in [-0.05, 0) is 12.8 Å². The molecule has 0 spiro atoms. The van der Waals surface area contributed by atoms with E-state index in [1.807, 2.05) is 30.3 Å². The normalized spacial score (nSPS) is 17.4. The average Bonchev–Trinajstić information content (AvgIpc) is 3.07. The summed E-state index contributed by atoms with van der Waals surface area (Å²) in [5.74, 6) is 0.417. The zero-order valence-electron chi connectivity index (χ0n) is 12.2. The molecule has 1 fully saturated rings. The molecule has 3 rings (SSSR count). The zero-order chi connectivity index (χ0) is 15.4. The Balaban J connectivity index is 1.70. The van der Waals surface area contributed by atoms with Crippen LogP contribution in [0.1, 0.15) is 23.2 Å². The van der Waals surface area contributed by atoms with Crippen LogP contribution in [-0.2, 0) is 4.74 Å². The summed E-state index contributed by atoms with van der Waals surface area (Å²) in [6.07, 6.45) is 3.57. The molecule has 1 saturated heterocycles. The maximum Gasteiger partial charge on any atom is 0.256 e. The molecule has 0 aliphatic carbocycles. The maximum atomic E-state index is 12.1. The Bertz CT molecular complexity index is 654. The Labute approximate surface area is 128 Å². The van der Waals surface area contributed by atoms with Gasteiger partial charge < -0.3 is 15.8 Å². The number of benzene rings is 1. The first kappa shape index (κ1) is 14.5. The molecule has 6 nitrogen and oxygen atoms in total. The van der Waals surface area contributed by atoms with Crippen molar-refractivity contribution >= 4 is 11.7 Å². The van der Waals surface area contributed by atoms with Gasteiger partial charge in [0.15, 0.2) is 5.82 Å². The van der Waals surface area contributed by atoms with E-state index >= 15 is 0 Å². The molecule has 22 heavy (non-hydrogen) atoms. The van der Waals surface area contributed by atoms with Crippen molar-refractivity contribution in [3.05, 3.63) is 42.1 Å². The highest BCUT2D eigenvalue weighted by molar-refractivity contribution is 5.98. The lowest BCUT2D eigenvalue weighted by molar-refractivity contribution is 0.0858. The molecule has 2 aromatic rings. The minimum absolute atomic E-state index is 0.0923. The molecule has 1 aromatic carbocycles. The first-order valence-electron chi connectivity index (χ1n) is 7.32. The molecule has 1 atom stereocenters. The largest absolute Gasteiger partial charge is 0.383 e. The summed E-state index contributed by atoms with van der Waals surface area (Å²) in [6, 6.07) is 9.51. The van der Waals surface area contributed by atoms with Crippen LogP contribution in [-0.4, -0.2) is 35.1 Å². The third kappa shape index (κ3) is 3.23. The fraction of sp³-hybridized carbons (Fsp3) is 0.312. The topological polar surface area (TPSA) is 90.1 Å². The van der Waals surface area contributed by atoms with Crippen LogP contribution >= 0.6 is 0 Å². The second-order valence-corrected chi connectivity index (χ2v) is 5.20. The third-order valence-electron chi connectivity index (χ3n) is 3.61. The Morgan fingerprint density at radius 3 is 2.86 bits per heavy atom. The van der Waals surface area contributed by atoms with E-state index in [9.17, 15) is 4.79 Å². The van der Waals surface area contributed by atoms with Gasteiger partial charge in [-0.2, -0.15) is 0 Å². The number of nitrogens with one attached hydrogen (secondary N) is 1. The fourth-order valence-corrected chi connectivity index (χ4v) is 2.40. The molecule has 114 valence electrons. The predicted molar refractivity (Wildman–Crippen MR) is 83.2 cm³/mol. The number of carbonyl (C=O) groups is 1. The number of hydrogen-bond acceptors (Lipinski definition) is 5. The lowest BCUT2D eigenvalue weighted by atomic mass is 10.2. The van der Waals surface area contributed by atoms with Crippen LogP contribution in [0.2, 0.25) is 0 Å². The lowest BCUT2D eigenvalue weighted by Crippen LogP contribution is -2.32. The molecule has 1 unspecified atom stereocenters. The standard InChI is InChI=1S/C16H18N4O2/c17-14-13(16(21)19-9-12-7-4-8-22-12)10-18-15(20-14)11-5-2-1-3-6-11/h1-3,5-6,10,12H,4,7-9H2,(H,19,21)(H2,17,18,20). The fourth-order valence-electron chi connectivity index (χ4n) is 2.40. The highest BCUT2D eigenvalue weighted by atomic mass is 16.5. The molecule has 6 heteroatoms. The van der Waals surface area contributed by atoms with Crippen molar-refractivity contribution in [1.29, 1.82) is 0 Å². The van der Waals surface area contributed by atoms with E-state index in [2.05, 4.69) is 15.3 Å². The minimum atomic E-state index is -0.271. The highest BCUT2D eigenvalue weighted by Crippen LogP contribution is 2.17. The molecule has 1 amide bonds. The highest BCUT2D eigenvalue weighted by Gasteiger charge is 2.18. The van der Waals surface area contributed by atoms with Gasteiger partial charge in [0, 0.05) is 24.9 Å². The average molecular weight is 298 g/mol. The molecular formula is C16H18N4O2. The van der Waals surface area contributed by atoms with Crippen molar-refractivity contribution in [2.75, 3.05) is 18.9 Å². The van der Waals surface area contributed by atoms with Gasteiger partial charge in [0.2, 0.25) is 0 Å². The second kappa shape index (κ2) is 6.53. The quantitative estimate of drug-likeness (QED) is 0.895. The summed E-state index contributed by atoms with van der Waals surface area (Å²) < 4.78 is 5.47. The first-order valence-corrected chi connectivity index (χ1v) is 7.32. The number of nitrogens with two attached hydrogens (primary N) is 1. The molecular weight excluding hydrogens is 280 g/mol. The van der Waals surface area contributed by atoms with Gasteiger partial charge in [0.05, 0.1) is 11.7 Å². The number of hydrogen-bond donors (Lipinski definition) is 2. The summed E-state index contributed by atoms with van der Waals surface area (Å²) in [4.78, 5) is 20.6. The number of anilines is 1. The molecule has 0 bridgehead atoms. The van der Waals surface area contributed by atoms with Crippen molar-refractivity contribution in [2.45, 2.75) is 18.9 Å². The number of ether oxygens (including phenoxy) is 1. The first-order chi connectivity index (χ1) is 10.7. The van der Waals surface area contributed by atoms with Crippen LogP contribution in [0.5, 0.6) is 0 Å². The van der Waals surface area contributed by atoms with E-state index in [0.717, 1.165) is 25.0 Å². The van der Waals surface area contributed by atoms with Gasteiger partial charge in [-0.15, -0.1) is 0 Å². The maximum absolute atomic E-state index is 12.1. The molecule has 1 aliphatic heterocycles. The van der Waals surface area contributed by atoms with E-state index in [1.54, 1.807) is 0 Å². The number of nitrogen functional groups attached to an aromatic ring is 1. The lowest BCUT2D eigenvalue weighted by Gasteiger charge is -2.11. The Hall–Kier alpha value is -2.47. The van der Waals surface area contributed by atoms with Gasteiger partial charge in [-0.3, -0.25) is 4.79 Å². The van der Waals surface area contributed by atoms with Gasteiger partial charge >= 0.3 is 0 Å². The number of nitrogens with zero attached hydrogens (tertiary/aromatic N) is 2. The number of rotatable bonds is 4. The van der Waals surface area contributed by atoms with Crippen molar-refractivity contribution in [1.82, 2.24) is 15.3 Å². The van der Waals surface area contributed by atoms with Gasteiger partial charge in [-0.1, -0.05) is 30.3 Å². The van der Waals surface area contributed by atoms with Gasteiger partial charge in [-0.25, -0.2) is 9.97 Å². The van der Waals surface area contributed by atoms with E-state index < -0.39 is 0 Å². The summed E-state index contributed by atoms with van der Waals surface area (Å²) in [5, 5.41) is 2.82. The molecule has 0 saturated carbocycles. The van der Waals surface area contributed by atoms with Crippen LogP contribution < -0.4 is 11.1 Å². The smallest absolute Gasteiger partial charge is 0.256 e. The Morgan fingerprint density at radius 1 is 1.36 bits per heavy atom. The summed E-state index contributed by atoms with van der Waals surface area (Å²) in [5.41, 5.74) is 7.05. The van der Waals surface area contributed by atoms with Crippen molar-refractivity contribution in [3.63, 3.8) is 0 Å². The Morgan fingerprint density at radius 2 is 2.18 bits per heavy atom. The van der Waals surface area contributed by atoms with Gasteiger partial charge in [0.25, 0.3) is 5.91 Å². The van der Waals surface area contributed by atoms with E-state index in [0.29, 0.717) is 12.4 Å². The molecule has 0 radical (unpaired) electrons. The molecule has 3 N–H and O–H groups in total. The second-order valence-electron chi connectivity index (χ2n) is 5.20. The number of aromatic nitrogens is 2. The summed E-state index contributed by atoms with van der Waals surface area (Å²) in [6.45, 7) is 1.25. The van der Waals surface area contributed by atoms with Crippen LogP contribution in [0.25, 0.3) is 11.4 Å². The van der Waals surface area contributed by atoms with E-state index in [4.69, 9.17) is 10.5 Å². The predicted octanol–water partition coefficient (Wildman–Crippen LogP) is 1.63. The monoisotopic (exact) mass is 298 g/mol. The Kier molecular flexibility index (Phi) is 4.29. The SMILES string of the molecule is Nc1nc(-c2ccccc2)ncc1C(=O)NCC1CCCO1. The van der Waals surface area contributed by atoms with Crippen LogP contribution in [0.15, 0.2) is 36.5 Å². The molecule has 1 aliphatic rings. The van der Waals surface area contributed by atoms with Crippen molar-refractivity contribution in [3.8, 4) is 11.4 Å². The zero-order valence-corrected chi connectivity index (χ0v) is 12.2. The minimum Gasteiger partial charge on any atom is -0.383 e.